The molecule has 1 rings (SSSR count). The summed E-state index contributed by atoms with van der Waals surface area (Å²) in [6.45, 7) is 2.01. The van der Waals surface area contributed by atoms with Gasteiger partial charge >= 0.3 is 0 Å². The molecule has 126 valence electrons. The van der Waals surface area contributed by atoms with E-state index < -0.39 is 6.23 Å². The molecular weight excluding hydrogens is 270 g/mol. The second kappa shape index (κ2) is 9.71. The quantitative estimate of drug-likeness (QED) is 0.321. The lowest BCUT2D eigenvalue weighted by Gasteiger charge is -2.31. The van der Waals surface area contributed by atoms with Crippen molar-refractivity contribution in [3.8, 4) is 0 Å². The van der Waals surface area contributed by atoms with Crippen LogP contribution in [-0.4, -0.2) is 59.4 Å². The van der Waals surface area contributed by atoms with Crippen LogP contribution in [0, 0.1) is 5.92 Å². The van der Waals surface area contributed by atoms with Crippen LogP contribution in [0.1, 0.15) is 45.4 Å². The Kier molecular flexibility index (Phi) is 8.70. The topological polar surface area (TPSA) is 111 Å². The smallest absolute Gasteiger partial charge is 0.120 e. The Labute approximate surface area is 128 Å². The summed E-state index contributed by atoms with van der Waals surface area (Å²) >= 11 is 0. The second-order valence-corrected chi connectivity index (χ2v) is 6.49. The summed E-state index contributed by atoms with van der Waals surface area (Å²) in [6, 6.07) is -0.269. The monoisotopic (exact) mass is 303 g/mol. The van der Waals surface area contributed by atoms with Gasteiger partial charge in [-0.2, -0.15) is 0 Å². The van der Waals surface area contributed by atoms with Crippen molar-refractivity contribution in [3.63, 3.8) is 0 Å². The Morgan fingerprint density at radius 2 is 1.86 bits per heavy atom. The molecule has 1 aliphatic carbocycles. The molecule has 0 aromatic rings. The zero-order valence-corrected chi connectivity index (χ0v) is 13.3. The van der Waals surface area contributed by atoms with Crippen molar-refractivity contribution in [1.82, 2.24) is 10.6 Å². The highest BCUT2D eigenvalue weighted by atomic mass is 16.3. The molecule has 1 aliphatic rings. The SMILES string of the molecule is CNC(C)CC(N)C(O)NC(CO)CC1CCC(O)CC1. The van der Waals surface area contributed by atoms with E-state index in [2.05, 4.69) is 10.6 Å². The summed E-state index contributed by atoms with van der Waals surface area (Å²) in [4.78, 5) is 0. The Morgan fingerprint density at radius 1 is 1.24 bits per heavy atom. The van der Waals surface area contributed by atoms with Crippen molar-refractivity contribution < 1.29 is 15.3 Å². The lowest BCUT2D eigenvalue weighted by Crippen LogP contribution is -2.52. The molecular formula is C15H33N3O3. The first-order chi connectivity index (χ1) is 9.96. The highest BCUT2D eigenvalue weighted by Crippen LogP contribution is 2.27. The van der Waals surface area contributed by atoms with Crippen molar-refractivity contribution in [1.29, 1.82) is 0 Å². The molecule has 0 aromatic carbocycles. The van der Waals surface area contributed by atoms with Gasteiger partial charge in [0.2, 0.25) is 0 Å². The molecule has 0 aliphatic heterocycles. The third-order valence-electron chi connectivity index (χ3n) is 4.59. The van der Waals surface area contributed by atoms with Gasteiger partial charge in [0.1, 0.15) is 6.23 Å². The second-order valence-electron chi connectivity index (χ2n) is 6.49. The van der Waals surface area contributed by atoms with E-state index in [1.807, 2.05) is 14.0 Å². The van der Waals surface area contributed by atoms with Crippen molar-refractivity contribution in [2.24, 2.45) is 11.7 Å². The average molecular weight is 303 g/mol. The van der Waals surface area contributed by atoms with E-state index in [0.717, 1.165) is 32.1 Å². The Bertz CT molecular complexity index is 273. The van der Waals surface area contributed by atoms with Crippen LogP contribution in [0.3, 0.4) is 0 Å². The Balaban J connectivity index is 2.35. The molecule has 4 unspecified atom stereocenters. The summed E-state index contributed by atoms with van der Waals surface area (Å²) < 4.78 is 0. The first-order valence-electron chi connectivity index (χ1n) is 8.12. The van der Waals surface area contributed by atoms with Gasteiger partial charge in [-0.1, -0.05) is 0 Å². The van der Waals surface area contributed by atoms with E-state index in [1.165, 1.54) is 0 Å². The van der Waals surface area contributed by atoms with Crippen LogP contribution < -0.4 is 16.4 Å². The van der Waals surface area contributed by atoms with Gasteiger partial charge in [0.25, 0.3) is 0 Å². The fourth-order valence-electron chi connectivity index (χ4n) is 3.00. The minimum atomic E-state index is -0.813. The zero-order valence-electron chi connectivity index (χ0n) is 13.3. The average Bonchev–Trinajstić information content (AvgIpc) is 2.48. The minimum Gasteiger partial charge on any atom is -0.395 e. The molecule has 0 amide bonds. The molecule has 1 saturated carbocycles. The van der Waals surface area contributed by atoms with Gasteiger partial charge in [-0.05, 0) is 58.4 Å². The van der Waals surface area contributed by atoms with Crippen molar-refractivity contribution in [2.75, 3.05) is 13.7 Å². The van der Waals surface area contributed by atoms with E-state index in [-0.39, 0.29) is 30.8 Å². The summed E-state index contributed by atoms with van der Waals surface area (Å²) in [5.41, 5.74) is 5.98. The lowest BCUT2D eigenvalue weighted by atomic mass is 9.83. The van der Waals surface area contributed by atoms with Gasteiger partial charge in [0, 0.05) is 18.1 Å². The molecule has 0 aromatic heterocycles. The number of aliphatic hydroxyl groups is 3. The van der Waals surface area contributed by atoms with E-state index in [4.69, 9.17) is 5.73 Å². The van der Waals surface area contributed by atoms with Gasteiger partial charge in [0.15, 0.2) is 0 Å². The fourth-order valence-corrected chi connectivity index (χ4v) is 3.00. The molecule has 4 atom stereocenters. The van der Waals surface area contributed by atoms with Crippen molar-refractivity contribution >= 4 is 0 Å². The predicted octanol–water partition coefficient (Wildman–Crippen LogP) is -0.478. The maximum atomic E-state index is 10.1. The molecule has 7 N–H and O–H groups in total. The molecule has 0 radical (unpaired) electrons. The van der Waals surface area contributed by atoms with Crippen LogP contribution in [0.5, 0.6) is 0 Å². The summed E-state index contributed by atoms with van der Waals surface area (Å²) in [7, 11) is 1.87. The van der Waals surface area contributed by atoms with Crippen LogP contribution >= 0.6 is 0 Å². The molecule has 1 fully saturated rings. The van der Waals surface area contributed by atoms with Gasteiger partial charge in [-0.3, -0.25) is 5.32 Å². The molecule has 0 heterocycles. The number of aliphatic hydroxyl groups excluding tert-OH is 3. The first-order valence-corrected chi connectivity index (χ1v) is 8.12. The predicted molar refractivity (Wildman–Crippen MR) is 83.7 cm³/mol. The summed E-state index contributed by atoms with van der Waals surface area (Å²) in [5.74, 6) is 0.498. The number of rotatable bonds is 9. The zero-order chi connectivity index (χ0) is 15.8. The molecule has 0 bridgehead atoms. The molecule has 6 heteroatoms. The molecule has 21 heavy (non-hydrogen) atoms. The Hall–Kier alpha value is -0.240. The van der Waals surface area contributed by atoms with Crippen molar-refractivity contribution in [2.45, 2.75) is 75.9 Å². The molecule has 6 nitrogen and oxygen atoms in total. The maximum Gasteiger partial charge on any atom is 0.120 e. The van der Waals surface area contributed by atoms with E-state index in [0.29, 0.717) is 12.3 Å². The molecule has 0 spiro atoms. The van der Waals surface area contributed by atoms with Crippen LogP contribution in [0.2, 0.25) is 0 Å². The summed E-state index contributed by atoms with van der Waals surface area (Å²) in [6.07, 6.45) is 4.15. The van der Waals surface area contributed by atoms with E-state index >= 15 is 0 Å². The number of nitrogens with two attached hydrogens (primary N) is 1. The third-order valence-corrected chi connectivity index (χ3v) is 4.59. The van der Waals surface area contributed by atoms with Gasteiger partial charge < -0.3 is 26.4 Å². The maximum absolute atomic E-state index is 10.1. The fraction of sp³-hybridized carbons (Fsp3) is 1.00. The number of hydrogen-bond donors (Lipinski definition) is 6. The first kappa shape index (κ1) is 18.8. The van der Waals surface area contributed by atoms with Gasteiger partial charge in [0.05, 0.1) is 12.7 Å². The lowest BCUT2D eigenvalue weighted by molar-refractivity contribution is 0.0605. The van der Waals surface area contributed by atoms with E-state index in [9.17, 15) is 15.3 Å². The highest BCUT2D eigenvalue weighted by molar-refractivity contribution is 4.81. The van der Waals surface area contributed by atoms with E-state index in [1.54, 1.807) is 0 Å². The van der Waals surface area contributed by atoms with Gasteiger partial charge in [-0.15, -0.1) is 0 Å². The third kappa shape index (κ3) is 7.04. The van der Waals surface area contributed by atoms with Crippen molar-refractivity contribution in [3.05, 3.63) is 0 Å². The normalized spacial score (nSPS) is 28.9. The van der Waals surface area contributed by atoms with Crippen LogP contribution in [0.25, 0.3) is 0 Å². The summed E-state index contributed by atoms with van der Waals surface area (Å²) in [5, 5.41) is 35.3. The number of nitrogens with one attached hydrogen (secondary N) is 2. The number of hydrogen-bond acceptors (Lipinski definition) is 6. The van der Waals surface area contributed by atoms with Crippen LogP contribution in [0.15, 0.2) is 0 Å². The van der Waals surface area contributed by atoms with Crippen LogP contribution in [0.4, 0.5) is 0 Å². The van der Waals surface area contributed by atoms with Crippen LogP contribution in [-0.2, 0) is 0 Å². The largest absolute Gasteiger partial charge is 0.395 e. The minimum absolute atomic E-state index is 0.00951. The standard InChI is InChI=1S/C15H33N3O3/c1-10(17-2)7-14(16)15(21)18-12(9-19)8-11-3-5-13(20)6-4-11/h10-15,17-21H,3-9,16H2,1-2H3. The molecule has 0 saturated heterocycles. The highest BCUT2D eigenvalue weighted by Gasteiger charge is 2.25. The van der Waals surface area contributed by atoms with Gasteiger partial charge in [-0.25, -0.2) is 0 Å². The Morgan fingerprint density at radius 3 is 2.38 bits per heavy atom.